The van der Waals surface area contributed by atoms with Crippen molar-refractivity contribution in [3.05, 3.63) is 17.7 Å². The van der Waals surface area contributed by atoms with Gasteiger partial charge in [-0.25, -0.2) is 4.98 Å². The van der Waals surface area contributed by atoms with Crippen LogP contribution in [0.4, 0.5) is 0 Å². The van der Waals surface area contributed by atoms with Crippen LogP contribution in [0.1, 0.15) is 30.7 Å². The normalized spacial score (nSPS) is 19.3. The zero-order valence-electron chi connectivity index (χ0n) is 8.51. The van der Waals surface area contributed by atoms with Gasteiger partial charge in [0, 0.05) is 17.8 Å². The van der Waals surface area contributed by atoms with Crippen LogP contribution in [0.15, 0.2) is 6.33 Å². The molecule has 1 aliphatic carbocycles. The molecule has 0 aliphatic heterocycles. The maximum Gasteiger partial charge on any atom is 0.0925 e. The van der Waals surface area contributed by atoms with Crippen LogP contribution in [0.2, 0.25) is 0 Å². The highest BCUT2D eigenvalue weighted by Crippen LogP contribution is 2.31. The van der Waals surface area contributed by atoms with E-state index in [0.717, 1.165) is 30.8 Å². The molecule has 1 heterocycles. The van der Waals surface area contributed by atoms with E-state index in [2.05, 4.69) is 15.3 Å². The third-order valence-corrected chi connectivity index (χ3v) is 3.18. The minimum Gasteiger partial charge on any atom is -0.394 e. The van der Waals surface area contributed by atoms with E-state index < -0.39 is 0 Å². The predicted octanol–water partition coefficient (Wildman–Crippen LogP) is 0.723. The first-order chi connectivity index (χ1) is 6.76. The van der Waals surface area contributed by atoms with E-state index in [-0.39, 0.29) is 12.1 Å². The average Bonchev–Trinajstić information content (AvgIpc) is 2.51. The number of nitrogens with one attached hydrogen (secondary N) is 2. The Kier molecular flexibility index (Phi) is 2.56. The van der Waals surface area contributed by atoms with E-state index in [4.69, 9.17) is 0 Å². The third kappa shape index (κ3) is 1.67. The van der Waals surface area contributed by atoms with Crippen LogP contribution in [0, 0.1) is 6.92 Å². The minimum absolute atomic E-state index is 0.0224. The maximum absolute atomic E-state index is 9.24. The Morgan fingerprint density at radius 2 is 2.43 bits per heavy atom. The molecule has 0 saturated heterocycles. The molecule has 1 aromatic rings. The lowest BCUT2D eigenvalue weighted by Crippen LogP contribution is -2.53. The first-order valence-corrected chi connectivity index (χ1v) is 5.10. The van der Waals surface area contributed by atoms with Gasteiger partial charge in [0.15, 0.2) is 0 Å². The molecule has 3 N–H and O–H groups in total. The van der Waals surface area contributed by atoms with Crippen molar-refractivity contribution in [2.24, 2.45) is 0 Å². The zero-order valence-corrected chi connectivity index (χ0v) is 8.51. The molecule has 0 radical (unpaired) electrons. The number of aryl methyl sites for hydroxylation is 1. The second kappa shape index (κ2) is 3.71. The number of H-pyrrole nitrogens is 1. The van der Waals surface area contributed by atoms with E-state index in [1.54, 1.807) is 6.33 Å². The molecule has 1 aliphatic rings. The SMILES string of the molecule is Cc1[nH]cnc1CNC1(CO)CCC1. The highest BCUT2D eigenvalue weighted by molar-refractivity contribution is 5.09. The summed E-state index contributed by atoms with van der Waals surface area (Å²) in [5, 5.41) is 12.6. The number of rotatable bonds is 4. The van der Waals surface area contributed by atoms with Gasteiger partial charge in [-0.15, -0.1) is 0 Å². The number of imidazole rings is 1. The van der Waals surface area contributed by atoms with E-state index in [9.17, 15) is 5.11 Å². The fraction of sp³-hybridized carbons (Fsp3) is 0.700. The Morgan fingerprint density at radius 1 is 1.64 bits per heavy atom. The smallest absolute Gasteiger partial charge is 0.0925 e. The molecule has 0 atom stereocenters. The molecule has 2 rings (SSSR count). The van der Waals surface area contributed by atoms with Gasteiger partial charge in [-0.05, 0) is 26.2 Å². The van der Waals surface area contributed by atoms with Crippen molar-refractivity contribution in [2.45, 2.75) is 38.3 Å². The first kappa shape index (κ1) is 9.68. The quantitative estimate of drug-likeness (QED) is 0.663. The van der Waals surface area contributed by atoms with Gasteiger partial charge >= 0.3 is 0 Å². The highest BCUT2D eigenvalue weighted by atomic mass is 16.3. The average molecular weight is 195 g/mol. The summed E-state index contributed by atoms with van der Waals surface area (Å²) in [4.78, 5) is 7.26. The van der Waals surface area contributed by atoms with Crippen molar-refractivity contribution < 1.29 is 5.11 Å². The molecule has 0 unspecified atom stereocenters. The highest BCUT2D eigenvalue weighted by Gasteiger charge is 2.35. The Morgan fingerprint density at radius 3 is 2.86 bits per heavy atom. The minimum atomic E-state index is -0.0224. The Balaban J connectivity index is 1.90. The van der Waals surface area contributed by atoms with Crippen molar-refractivity contribution in [1.29, 1.82) is 0 Å². The summed E-state index contributed by atoms with van der Waals surface area (Å²) < 4.78 is 0. The standard InChI is InChI=1S/C10H17N3O/c1-8-9(12-7-11-8)5-13-10(6-14)3-2-4-10/h7,13-14H,2-6H2,1H3,(H,11,12). The first-order valence-electron chi connectivity index (χ1n) is 5.10. The summed E-state index contributed by atoms with van der Waals surface area (Å²) in [6, 6.07) is 0. The van der Waals surface area contributed by atoms with Gasteiger partial charge in [-0.1, -0.05) is 0 Å². The fourth-order valence-electron chi connectivity index (χ4n) is 1.83. The maximum atomic E-state index is 9.24. The molecule has 0 amide bonds. The van der Waals surface area contributed by atoms with Gasteiger partial charge in [-0.2, -0.15) is 0 Å². The number of nitrogens with zero attached hydrogens (tertiary/aromatic N) is 1. The number of hydrogen-bond donors (Lipinski definition) is 3. The van der Waals surface area contributed by atoms with Crippen LogP contribution in [0.25, 0.3) is 0 Å². The molecule has 0 aromatic carbocycles. The molecule has 0 spiro atoms. The van der Waals surface area contributed by atoms with Crippen LogP contribution >= 0.6 is 0 Å². The molecule has 1 saturated carbocycles. The van der Waals surface area contributed by atoms with Crippen molar-refractivity contribution in [3.63, 3.8) is 0 Å². The Bertz CT molecular complexity index is 299. The molecule has 78 valence electrons. The molecule has 14 heavy (non-hydrogen) atoms. The van der Waals surface area contributed by atoms with Crippen molar-refractivity contribution in [1.82, 2.24) is 15.3 Å². The van der Waals surface area contributed by atoms with Crippen molar-refractivity contribution in [2.75, 3.05) is 6.61 Å². The summed E-state index contributed by atoms with van der Waals surface area (Å²) in [5.41, 5.74) is 2.13. The van der Waals surface area contributed by atoms with Crippen LogP contribution in [-0.4, -0.2) is 27.2 Å². The van der Waals surface area contributed by atoms with Crippen LogP contribution in [-0.2, 0) is 6.54 Å². The number of aliphatic hydroxyl groups excluding tert-OH is 1. The summed E-state index contributed by atoms with van der Waals surface area (Å²) in [6.07, 6.45) is 5.08. The fourth-order valence-corrected chi connectivity index (χ4v) is 1.83. The van der Waals surface area contributed by atoms with Gasteiger partial charge in [-0.3, -0.25) is 0 Å². The molecular formula is C10H17N3O. The second-order valence-electron chi connectivity index (χ2n) is 4.12. The Hall–Kier alpha value is -0.870. The topological polar surface area (TPSA) is 60.9 Å². The number of hydrogen-bond acceptors (Lipinski definition) is 3. The van der Waals surface area contributed by atoms with E-state index in [1.165, 1.54) is 6.42 Å². The summed E-state index contributed by atoms with van der Waals surface area (Å²) >= 11 is 0. The van der Waals surface area contributed by atoms with Crippen LogP contribution in [0.3, 0.4) is 0 Å². The largest absolute Gasteiger partial charge is 0.394 e. The van der Waals surface area contributed by atoms with Gasteiger partial charge < -0.3 is 15.4 Å². The van der Waals surface area contributed by atoms with Gasteiger partial charge in [0.05, 0.1) is 18.6 Å². The molecular weight excluding hydrogens is 178 g/mol. The lowest BCUT2D eigenvalue weighted by atomic mass is 9.77. The van der Waals surface area contributed by atoms with E-state index in [0.29, 0.717) is 0 Å². The van der Waals surface area contributed by atoms with Gasteiger partial charge in [0.1, 0.15) is 0 Å². The lowest BCUT2D eigenvalue weighted by molar-refractivity contribution is 0.0868. The summed E-state index contributed by atoms with van der Waals surface area (Å²) in [6.45, 7) is 2.99. The number of aromatic nitrogens is 2. The summed E-state index contributed by atoms with van der Waals surface area (Å²) in [5.74, 6) is 0. The van der Waals surface area contributed by atoms with Crippen molar-refractivity contribution >= 4 is 0 Å². The van der Waals surface area contributed by atoms with E-state index in [1.807, 2.05) is 6.92 Å². The zero-order chi connectivity index (χ0) is 10.0. The molecule has 1 fully saturated rings. The Labute approximate surface area is 83.8 Å². The van der Waals surface area contributed by atoms with Crippen LogP contribution < -0.4 is 5.32 Å². The molecule has 0 bridgehead atoms. The van der Waals surface area contributed by atoms with Crippen molar-refractivity contribution in [3.8, 4) is 0 Å². The molecule has 1 aromatic heterocycles. The lowest BCUT2D eigenvalue weighted by Gasteiger charge is -2.41. The van der Waals surface area contributed by atoms with Gasteiger partial charge in [0.25, 0.3) is 0 Å². The van der Waals surface area contributed by atoms with Crippen LogP contribution in [0.5, 0.6) is 0 Å². The molecule has 4 heteroatoms. The number of aliphatic hydroxyl groups is 1. The molecule has 4 nitrogen and oxygen atoms in total. The third-order valence-electron chi connectivity index (χ3n) is 3.18. The predicted molar refractivity (Wildman–Crippen MR) is 53.8 cm³/mol. The van der Waals surface area contributed by atoms with Gasteiger partial charge in [0.2, 0.25) is 0 Å². The number of aromatic amines is 1. The summed E-state index contributed by atoms with van der Waals surface area (Å²) in [7, 11) is 0. The monoisotopic (exact) mass is 195 g/mol. The van der Waals surface area contributed by atoms with E-state index >= 15 is 0 Å². The second-order valence-corrected chi connectivity index (χ2v) is 4.12.